The van der Waals surface area contributed by atoms with Crippen molar-refractivity contribution in [2.45, 2.75) is 29.6 Å². The van der Waals surface area contributed by atoms with Gasteiger partial charge in [0.05, 0.1) is 0 Å². The van der Waals surface area contributed by atoms with Gasteiger partial charge in [0.1, 0.15) is 5.01 Å². The molecular weight excluding hydrogens is 238 g/mol. The third kappa shape index (κ3) is 2.42. The Morgan fingerprint density at radius 2 is 2.12 bits per heavy atom. The summed E-state index contributed by atoms with van der Waals surface area (Å²) < 4.78 is 0.974. The Morgan fingerprint density at radius 1 is 1.31 bits per heavy atom. The molecule has 5 heteroatoms. The minimum atomic E-state index is 0.557. The van der Waals surface area contributed by atoms with Crippen LogP contribution >= 0.6 is 23.1 Å². The van der Waals surface area contributed by atoms with Crippen LogP contribution in [0.2, 0.25) is 0 Å². The summed E-state index contributed by atoms with van der Waals surface area (Å²) in [5, 5.41) is 9.12. The molecule has 84 valence electrons. The molecule has 0 spiro atoms. The van der Waals surface area contributed by atoms with E-state index in [1.54, 1.807) is 23.1 Å². The fourth-order valence-corrected chi connectivity index (χ4v) is 3.39. The maximum Gasteiger partial charge on any atom is 0.179 e. The van der Waals surface area contributed by atoms with Gasteiger partial charge in [-0.2, -0.15) is 0 Å². The van der Waals surface area contributed by atoms with Crippen LogP contribution in [0.15, 0.2) is 27.4 Å². The van der Waals surface area contributed by atoms with Crippen LogP contribution in [0.4, 0.5) is 0 Å². The van der Waals surface area contributed by atoms with Crippen molar-refractivity contribution in [3.8, 4) is 0 Å². The highest BCUT2D eigenvalue weighted by Gasteiger charge is 2.09. The maximum atomic E-state index is 5.73. The third-order valence-corrected chi connectivity index (χ3v) is 4.39. The number of aryl methyl sites for hydroxylation is 2. The SMILES string of the molecule is Cc1nnc(Sc2c(C)cccc2CN)s1. The van der Waals surface area contributed by atoms with Gasteiger partial charge < -0.3 is 5.73 Å². The summed E-state index contributed by atoms with van der Waals surface area (Å²) in [6, 6.07) is 6.19. The van der Waals surface area contributed by atoms with Crippen LogP contribution in [0.1, 0.15) is 16.1 Å². The number of hydrogen-bond acceptors (Lipinski definition) is 5. The van der Waals surface area contributed by atoms with E-state index in [1.807, 2.05) is 13.0 Å². The molecule has 0 atom stereocenters. The van der Waals surface area contributed by atoms with Crippen molar-refractivity contribution in [3.63, 3.8) is 0 Å². The molecule has 2 aromatic rings. The molecule has 0 bridgehead atoms. The molecule has 2 rings (SSSR count). The van der Waals surface area contributed by atoms with Crippen LogP contribution < -0.4 is 5.73 Å². The van der Waals surface area contributed by atoms with Gasteiger partial charge >= 0.3 is 0 Å². The average molecular weight is 251 g/mol. The van der Waals surface area contributed by atoms with E-state index in [9.17, 15) is 0 Å². The minimum Gasteiger partial charge on any atom is -0.326 e. The van der Waals surface area contributed by atoms with Crippen LogP contribution in [0.3, 0.4) is 0 Å². The zero-order valence-corrected chi connectivity index (χ0v) is 10.9. The highest BCUT2D eigenvalue weighted by atomic mass is 32.2. The van der Waals surface area contributed by atoms with E-state index in [4.69, 9.17) is 5.73 Å². The Kier molecular flexibility index (Phi) is 3.58. The Labute approximate surface area is 103 Å². The first-order valence-corrected chi connectivity index (χ1v) is 6.60. The summed E-state index contributed by atoms with van der Waals surface area (Å²) in [7, 11) is 0. The molecule has 0 unspecified atom stereocenters. The number of rotatable bonds is 3. The highest BCUT2D eigenvalue weighted by molar-refractivity contribution is 8.01. The first-order valence-electron chi connectivity index (χ1n) is 4.97. The Balaban J connectivity index is 2.33. The van der Waals surface area contributed by atoms with Gasteiger partial charge in [-0.3, -0.25) is 0 Å². The van der Waals surface area contributed by atoms with Crippen molar-refractivity contribution in [2.24, 2.45) is 5.73 Å². The summed E-state index contributed by atoms with van der Waals surface area (Å²) in [5.74, 6) is 0. The standard InChI is InChI=1S/C11H13N3S2/c1-7-4-3-5-9(6-12)10(7)16-11-14-13-8(2)15-11/h3-5H,6,12H2,1-2H3. The predicted molar refractivity (Wildman–Crippen MR) is 67.8 cm³/mol. The average Bonchev–Trinajstić information content (AvgIpc) is 2.67. The van der Waals surface area contributed by atoms with Gasteiger partial charge in [0.2, 0.25) is 0 Å². The number of hydrogen-bond donors (Lipinski definition) is 1. The van der Waals surface area contributed by atoms with Crippen molar-refractivity contribution in [1.82, 2.24) is 10.2 Å². The quantitative estimate of drug-likeness (QED) is 0.911. The molecule has 0 aliphatic rings. The second-order valence-electron chi connectivity index (χ2n) is 3.46. The number of nitrogens with zero attached hydrogens (tertiary/aromatic N) is 2. The van der Waals surface area contributed by atoms with Crippen molar-refractivity contribution >= 4 is 23.1 Å². The van der Waals surface area contributed by atoms with Gasteiger partial charge in [-0.05, 0) is 25.0 Å². The molecule has 0 saturated carbocycles. The second kappa shape index (κ2) is 4.95. The van der Waals surface area contributed by atoms with Crippen LogP contribution in [-0.2, 0) is 6.54 Å². The van der Waals surface area contributed by atoms with E-state index >= 15 is 0 Å². The first-order chi connectivity index (χ1) is 7.70. The molecular formula is C11H13N3S2. The number of benzene rings is 1. The summed E-state index contributed by atoms with van der Waals surface area (Å²) in [4.78, 5) is 1.21. The zero-order valence-electron chi connectivity index (χ0n) is 9.23. The molecule has 0 fully saturated rings. The maximum absolute atomic E-state index is 5.73. The Hall–Kier alpha value is -0.910. The Morgan fingerprint density at radius 3 is 2.75 bits per heavy atom. The van der Waals surface area contributed by atoms with E-state index in [1.165, 1.54) is 10.5 Å². The van der Waals surface area contributed by atoms with E-state index in [-0.39, 0.29) is 0 Å². The van der Waals surface area contributed by atoms with Crippen LogP contribution in [0.5, 0.6) is 0 Å². The van der Waals surface area contributed by atoms with Gasteiger partial charge in [-0.15, -0.1) is 10.2 Å². The molecule has 1 aromatic carbocycles. The number of aromatic nitrogens is 2. The van der Waals surface area contributed by atoms with E-state index in [0.717, 1.165) is 14.9 Å². The molecule has 0 radical (unpaired) electrons. The van der Waals surface area contributed by atoms with Crippen molar-refractivity contribution in [3.05, 3.63) is 34.3 Å². The first kappa shape index (κ1) is 11.6. The largest absolute Gasteiger partial charge is 0.326 e. The molecule has 0 saturated heterocycles. The predicted octanol–water partition coefficient (Wildman–Crippen LogP) is 2.76. The van der Waals surface area contributed by atoms with E-state index in [0.29, 0.717) is 6.54 Å². The van der Waals surface area contributed by atoms with Crippen molar-refractivity contribution in [1.29, 1.82) is 0 Å². The minimum absolute atomic E-state index is 0.557. The highest BCUT2D eigenvalue weighted by Crippen LogP contribution is 2.34. The van der Waals surface area contributed by atoms with Crippen LogP contribution in [0.25, 0.3) is 0 Å². The Bertz CT molecular complexity index is 494. The topological polar surface area (TPSA) is 51.8 Å². The number of nitrogens with two attached hydrogens (primary N) is 1. The molecule has 16 heavy (non-hydrogen) atoms. The summed E-state index contributed by atoms with van der Waals surface area (Å²) in [5.41, 5.74) is 8.13. The lowest BCUT2D eigenvalue weighted by Crippen LogP contribution is -1.99. The summed E-state index contributed by atoms with van der Waals surface area (Å²) >= 11 is 3.26. The molecule has 0 aliphatic carbocycles. The fraction of sp³-hybridized carbons (Fsp3) is 0.273. The molecule has 3 nitrogen and oxygen atoms in total. The normalized spacial score (nSPS) is 10.7. The lowest BCUT2D eigenvalue weighted by Gasteiger charge is -2.08. The lowest BCUT2D eigenvalue weighted by molar-refractivity contribution is 0.977. The molecule has 0 aliphatic heterocycles. The van der Waals surface area contributed by atoms with Gasteiger partial charge in [0, 0.05) is 11.4 Å². The molecule has 1 heterocycles. The second-order valence-corrected chi connectivity index (χ2v) is 5.90. The molecule has 1 aromatic heterocycles. The van der Waals surface area contributed by atoms with Crippen molar-refractivity contribution < 1.29 is 0 Å². The van der Waals surface area contributed by atoms with Crippen molar-refractivity contribution in [2.75, 3.05) is 0 Å². The summed E-state index contributed by atoms with van der Waals surface area (Å²) in [6.45, 7) is 4.61. The lowest BCUT2D eigenvalue weighted by atomic mass is 10.1. The van der Waals surface area contributed by atoms with Crippen LogP contribution in [0, 0.1) is 13.8 Å². The third-order valence-electron chi connectivity index (χ3n) is 2.21. The fourth-order valence-electron chi connectivity index (χ4n) is 1.43. The van der Waals surface area contributed by atoms with Gasteiger partial charge in [-0.1, -0.05) is 41.3 Å². The smallest absolute Gasteiger partial charge is 0.179 e. The van der Waals surface area contributed by atoms with Crippen LogP contribution in [-0.4, -0.2) is 10.2 Å². The van der Waals surface area contributed by atoms with E-state index < -0.39 is 0 Å². The monoisotopic (exact) mass is 251 g/mol. The molecule has 0 amide bonds. The van der Waals surface area contributed by atoms with E-state index in [2.05, 4.69) is 29.3 Å². The zero-order chi connectivity index (χ0) is 11.5. The van der Waals surface area contributed by atoms with Gasteiger partial charge in [0.25, 0.3) is 0 Å². The molecule has 2 N–H and O–H groups in total. The van der Waals surface area contributed by atoms with Gasteiger partial charge in [0.15, 0.2) is 4.34 Å². The summed E-state index contributed by atoms with van der Waals surface area (Å²) in [6.07, 6.45) is 0. The van der Waals surface area contributed by atoms with Gasteiger partial charge in [-0.25, -0.2) is 0 Å².